The van der Waals surface area contributed by atoms with Crippen molar-refractivity contribution in [3.63, 3.8) is 0 Å². The minimum absolute atomic E-state index is 0.103. The molecule has 4 nitrogen and oxygen atoms in total. The molecular weight excluding hydrogens is 334 g/mol. The highest BCUT2D eigenvalue weighted by molar-refractivity contribution is 5.95. The molecule has 1 fully saturated rings. The quantitative estimate of drug-likeness (QED) is 0.817. The largest absolute Gasteiger partial charge is 0.339 e. The lowest BCUT2D eigenvalue weighted by Gasteiger charge is -2.32. The maximum absolute atomic E-state index is 12.8. The predicted octanol–water partition coefficient (Wildman–Crippen LogP) is 4.44. The van der Waals surface area contributed by atoms with Gasteiger partial charge in [-0.25, -0.2) is 0 Å². The fourth-order valence-corrected chi connectivity index (χ4v) is 3.79. The summed E-state index contributed by atoms with van der Waals surface area (Å²) in [5.74, 6) is 0.620. The summed E-state index contributed by atoms with van der Waals surface area (Å²) in [4.78, 5) is 19.2. The van der Waals surface area contributed by atoms with Crippen molar-refractivity contribution in [1.29, 1.82) is 5.26 Å². The maximum Gasteiger partial charge on any atom is 0.253 e. The van der Waals surface area contributed by atoms with Crippen LogP contribution in [0.2, 0.25) is 0 Å². The summed E-state index contributed by atoms with van der Waals surface area (Å²) >= 11 is 0. The number of likely N-dealkylation sites (tertiary alicyclic amines) is 1. The summed E-state index contributed by atoms with van der Waals surface area (Å²) in [7, 11) is 0. The van der Waals surface area contributed by atoms with Crippen LogP contribution in [0.15, 0.2) is 65.8 Å². The zero-order chi connectivity index (χ0) is 18.6. The number of carbonyl (C=O) groups excluding carboxylic acids is 1. The van der Waals surface area contributed by atoms with Gasteiger partial charge >= 0.3 is 0 Å². The summed E-state index contributed by atoms with van der Waals surface area (Å²) in [6.45, 7) is 1.58. The summed E-state index contributed by atoms with van der Waals surface area (Å²) in [5.41, 5.74) is 4.73. The van der Waals surface area contributed by atoms with Gasteiger partial charge in [-0.3, -0.25) is 9.79 Å². The van der Waals surface area contributed by atoms with Crippen LogP contribution in [-0.2, 0) is 0 Å². The van der Waals surface area contributed by atoms with Crippen molar-refractivity contribution in [1.82, 2.24) is 4.90 Å². The Kier molecular flexibility index (Phi) is 4.84. The molecule has 0 radical (unpaired) electrons. The average molecular weight is 355 g/mol. The second-order valence-corrected chi connectivity index (χ2v) is 7.04. The molecule has 0 saturated carbocycles. The number of allylic oxidation sites excluding steroid dienone is 1. The Bertz CT molecular complexity index is 925. The highest BCUT2D eigenvalue weighted by Crippen LogP contribution is 2.25. The van der Waals surface area contributed by atoms with Crippen molar-refractivity contribution >= 4 is 11.6 Å². The fourth-order valence-electron chi connectivity index (χ4n) is 3.79. The van der Waals surface area contributed by atoms with Gasteiger partial charge in [0, 0.05) is 42.9 Å². The van der Waals surface area contributed by atoms with Gasteiger partial charge in [-0.15, -0.1) is 0 Å². The van der Waals surface area contributed by atoms with Crippen LogP contribution in [0, 0.1) is 17.2 Å². The molecule has 4 heteroatoms. The topological polar surface area (TPSA) is 56.5 Å². The lowest BCUT2D eigenvalue weighted by Crippen LogP contribution is -2.40. The number of hydrogen-bond acceptors (Lipinski definition) is 3. The molecular formula is C23H21N3O. The van der Waals surface area contributed by atoms with Crippen molar-refractivity contribution in [2.75, 3.05) is 13.1 Å². The third-order valence-corrected chi connectivity index (χ3v) is 5.41. The smallest absolute Gasteiger partial charge is 0.253 e. The molecule has 1 saturated heterocycles. The summed E-state index contributed by atoms with van der Waals surface area (Å²) in [5, 5.41) is 8.90. The van der Waals surface area contributed by atoms with Crippen LogP contribution < -0.4 is 0 Å². The molecule has 4 rings (SSSR count). The third-order valence-electron chi connectivity index (χ3n) is 5.41. The SMILES string of the molecule is N#Cc1ccc(-c2ccc(C(=O)N3CCC(C4=NC=CC4)CC3)cc2)cc1. The van der Waals surface area contributed by atoms with Crippen molar-refractivity contribution in [2.45, 2.75) is 19.3 Å². The normalized spacial score (nSPS) is 16.9. The molecule has 2 heterocycles. The molecule has 2 aliphatic heterocycles. The summed E-state index contributed by atoms with van der Waals surface area (Å²) < 4.78 is 0. The van der Waals surface area contributed by atoms with E-state index in [0.717, 1.165) is 49.0 Å². The molecule has 2 aromatic carbocycles. The second kappa shape index (κ2) is 7.59. The lowest BCUT2D eigenvalue weighted by molar-refractivity contribution is 0.0710. The van der Waals surface area contributed by atoms with Crippen LogP contribution in [-0.4, -0.2) is 29.6 Å². The van der Waals surface area contributed by atoms with Gasteiger partial charge in [0.2, 0.25) is 0 Å². The molecule has 0 atom stereocenters. The number of nitrogens with zero attached hydrogens (tertiary/aromatic N) is 3. The molecule has 0 aromatic heterocycles. The number of nitriles is 1. The Morgan fingerprint density at radius 3 is 2.19 bits per heavy atom. The monoisotopic (exact) mass is 355 g/mol. The van der Waals surface area contributed by atoms with Gasteiger partial charge in [0.25, 0.3) is 5.91 Å². The molecule has 134 valence electrons. The number of aliphatic imine (C=N–C) groups is 1. The van der Waals surface area contributed by atoms with Gasteiger partial charge in [0.05, 0.1) is 11.6 Å². The zero-order valence-corrected chi connectivity index (χ0v) is 15.1. The number of amides is 1. The van der Waals surface area contributed by atoms with Crippen molar-refractivity contribution in [2.24, 2.45) is 10.9 Å². The maximum atomic E-state index is 12.8. The first-order valence-corrected chi connectivity index (χ1v) is 9.36. The van der Waals surface area contributed by atoms with Gasteiger partial charge in [-0.2, -0.15) is 5.26 Å². The van der Waals surface area contributed by atoms with E-state index in [1.54, 1.807) is 0 Å². The third kappa shape index (κ3) is 3.68. The minimum atomic E-state index is 0.103. The van der Waals surface area contributed by atoms with Gasteiger partial charge < -0.3 is 4.90 Å². The van der Waals surface area contributed by atoms with Crippen molar-refractivity contribution in [3.8, 4) is 17.2 Å². The molecule has 0 N–H and O–H groups in total. The van der Waals surface area contributed by atoms with E-state index in [1.807, 2.05) is 59.6 Å². The molecule has 0 aliphatic carbocycles. The number of piperidine rings is 1. The number of benzene rings is 2. The Hall–Kier alpha value is -3.19. The van der Waals surface area contributed by atoms with Crippen LogP contribution in [0.4, 0.5) is 0 Å². The Morgan fingerprint density at radius 1 is 1.00 bits per heavy atom. The van der Waals surface area contributed by atoms with E-state index in [-0.39, 0.29) is 5.91 Å². The first kappa shape index (κ1) is 17.2. The van der Waals surface area contributed by atoms with Gasteiger partial charge in [-0.1, -0.05) is 30.3 Å². The fraction of sp³-hybridized carbons (Fsp3) is 0.261. The zero-order valence-electron chi connectivity index (χ0n) is 15.1. The molecule has 27 heavy (non-hydrogen) atoms. The summed E-state index contributed by atoms with van der Waals surface area (Å²) in [6.07, 6.45) is 6.95. The van der Waals surface area contributed by atoms with E-state index < -0.39 is 0 Å². The molecule has 0 spiro atoms. The van der Waals surface area contributed by atoms with Crippen LogP contribution in [0.1, 0.15) is 35.2 Å². The number of rotatable bonds is 3. The average Bonchev–Trinajstić information content (AvgIpc) is 3.28. The van der Waals surface area contributed by atoms with E-state index in [1.165, 1.54) is 5.71 Å². The van der Waals surface area contributed by atoms with Gasteiger partial charge in [-0.05, 0) is 48.2 Å². The molecule has 2 aliphatic rings. The highest BCUT2D eigenvalue weighted by Gasteiger charge is 2.26. The summed E-state index contributed by atoms with van der Waals surface area (Å²) in [6, 6.07) is 17.3. The lowest BCUT2D eigenvalue weighted by atomic mass is 9.90. The number of hydrogen-bond donors (Lipinski definition) is 0. The van der Waals surface area contributed by atoms with E-state index in [4.69, 9.17) is 5.26 Å². The van der Waals surface area contributed by atoms with Crippen molar-refractivity contribution in [3.05, 3.63) is 71.9 Å². The molecule has 2 aromatic rings. The number of carbonyl (C=O) groups is 1. The Morgan fingerprint density at radius 2 is 1.63 bits per heavy atom. The minimum Gasteiger partial charge on any atom is -0.339 e. The van der Waals surface area contributed by atoms with E-state index in [9.17, 15) is 4.79 Å². The molecule has 0 bridgehead atoms. The van der Waals surface area contributed by atoms with Crippen LogP contribution in [0.3, 0.4) is 0 Å². The van der Waals surface area contributed by atoms with Crippen molar-refractivity contribution < 1.29 is 4.79 Å². The Balaban J connectivity index is 1.40. The Labute approximate surface area is 159 Å². The predicted molar refractivity (Wildman–Crippen MR) is 106 cm³/mol. The molecule has 0 unspecified atom stereocenters. The van der Waals surface area contributed by atoms with Gasteiger partial charge in [0.1, 0.15) is 0 Å². The van der Waals surface area contributed by atoms with E-state index >= 15 is 0 Å². The van der Waals surface area contributed by atoms with Crippen LogP contribution >= 0.6 is 0 Å². The van der Waals surface area contributed by atoms with Crippen LogP contribution in [0.25, 0.3) is 11.1 Å². The second-order valence-electron chi connectivity index (χ2n) is 7.04. The first-order valence-electron chi connectivity index (χ1n) is 9.36. The first-order chi connectivity index (χ1) is 13.2. The standard InChI is InChI=1S/C23H21N3O/c24-16-17-3-5-18(6-4-17)19-7-9-21(10-8-19)23(27)26-14-11-20(12-15-26)22-2-1-13-25-22/h1,3-10,13,20H,2,11-12,14-15H2. The molecule has 1 amide bonds. The highest BCUT2D eigenvalue weighted by atomic mass is 16.2. The van der Waals surface area contributed by atoms with Gasteiger partial charge in [0.15, 0.2) is 0 Å². The van der Waals surface area contributed by atoms with E-state index in [0.29, 0.717) is 11.5 Å². The van der Waals surface area contributed by atoms with E-state index in [2.05, 4.69) is 17.1 Å². The van der Waals surface area contributed by atoms with Crippen LogP contribution in [0.5, 0.6) is 0 Å².